The first-order chi connectivity index (χ1) is 13.2. The summed E-state index contributed by atoms with van der Waals surface area (Å²) in [6, 6.07) is 2.00. The number of aryl methyl sites for hydroxylation is 4. The lowest BCUT2D eigenvalue weighted by atomic mass is 10.2. The van der Waals surface area contributed by atoms with Crippen molar-refractivity contribution in [2.45, 2.75) is 47.3 Å². The molecule has 3 heterocycles. The molecule has 0 aliphatic rings. The molecule has 1 amide bonds. The van der Waals surface area contributed by atoms with Gasteiger partial charge in [-0.2, -0.15) is 15.3 Å². The number of hydrogen-bond donors (Lipinski definition) is 2. The van der Waals surface area contributed by atoms with Gasteiger partial charge in [0.05, 0.1) is 47.5 Å². The van der Waals surface area contributed by atoms with Crippen molar-refractivity contribution in [3.63, 3.8) is 0 Å². The normalized spacial score (nSPS) is 11.0. The summed E-state index contributed by atoms with van der Waals surface area (Å²) in [4.78, 5) is 23.2. The van der Waals surface area contributed by atoms with Crippen molar-refractivity contribution >= 4 is 17.6 Å². The Balaban J connectivity index is 1.74. The number of rotatable bonds is 7. The molecule has 0 saturated carbocycles. The first-order valence-electron chi connectivity index (χ1n) is 8.85. The SMILES string of the molecule is Cc1cc(C)n(Cn2nc(C)c(NC(=O)c3cnn(CCC(=O)O)c3)c2C)n1. The second kappa shape index (κ2) is 7.67. The zero-order chi connectivity index (χ0) is 20.4. The summed E-state index contributed by atoms with van der Waals surface area (Å²) in [6.07, 6.45) is 2.89. The predicted molar refractivity (Wildman–Crippen MR) is 101 cm³/mol. The minimum Gasteiger partial charge on any atom is -0.481 e. The molecule has 0 atom stereocenters. The summed E-state index contributed by atoms with van der Waals surface area (Å²) in [7, 11) is 0. The van der Waals surface area contributed by atoms with E-state index in [0.29, 0.717) is 23.6 Å². The van der Waals surface area contributed by atoms with E-state index in [1.54, 1.807) is 4.68 Å². The Bertz CT molecular complexity index is 1030. The topological polar surface area (TPSA) is 120 Å². The zero-order valence-corrected chi connectivity index (χ0v) is 16.3. The third-order valence-corrected chi connectivity index (χ3v) is 4.44. The highest BCUT2D eigenvalue weighted by Crippen LogP contribution is 2.20. The Morgan fingerprint density at radius 3 is 2.54 bits per heavy atom. The summed E-state index contributed by atoms with van der Waals surface area (Å²) in [5.41, 5.74) is 4.49. The highest BCUT2D eigenvalue weighted by Gasteiger charge is 2.17. The van der Waals surface area contributed by atoms with Gasteiger partial charge in [0, 0.05) is 11.9 Å². The zero-order valence-electron chi connectivity index (χ0n) is 16.3. The molecule has 0 aromatic carbocycles. The molecule has 0 radical (unpaired) electrons. The lowest BCUT2D eigenvalue weighted by molar-refractivity contribution is -0.137. The van der Waals surface area contributed by atoms with E-state index in [4.69, 9.17) is 5.11 Å². The van der Waals surface area contributed by atoms with Crippen LogP contribution in [-0.2, 0) is 18.0 Å². The lowest BCUT2D eigenvalue weighted by Gasteiger charge is -2.08. The molecule has 10 nitrogen and oxygen atoms in total. The maximum absolute atomic E-state index is 12.6. The molecule has 3 rings (SSSR count). The number of carboxylic acids is 1. The number of anilines is 1. The van der Waals surface area contributed by atoms with Gasteiger partial charge in [-0.1, -0.05) is 0 Å². The van der Waals surface area contributed by atoms with Gasteiger partial charge in [0.2, 0.25) is 0 Å². The summed E-state index contributed by atoms with van der Waals surface area (Å²) in [5.74, 6) is -1.23. The number of nitrogens with one attached hydrogen (secondary N) is 1. The monoisotopic (exact) mass is 385 g/mol. The molecule has 0 aliphatic heterocycles. The van der Waals surface area contributed by atoms with E-state index >= 15 is 0 Å². The molecule has 0 saturated heterocycles. The maximum atomic E-state index is 12.6. The molecule has 148 valence electrons. The number of aromatic nitrogens is 6. The van der Waals surface area contributed by atoms with Crippen molar-refractivity contribution in [1.82, 2.24) is 29.3 Å². The van der Waals surface area contributed by atoms with E-state index in [0.717, 1.165) is 17.1 Å². The highest BCUT2D eigenvalue weighted by atomic mass is 16.4. The van der Waals surface area contributed by atoms with Crippen LogP contribution >= 0.6 is 0 Å². The summed E-state index contributed by atoms with van der Waals surface area (Å²) in [5, 5.41) is 24.6. The second-order valence-corrected chi connectivity index (χ2v) is 6.70. The van der Waals surface area contributed by atoms with E-state index in [1.165, 1.54) is 17.1 Å². The van der Waals surface area contributed by atoms with Gasteiger partial charge in [-0.3, -0.25) is 14.3 Å². The van der Waals surface area contributed by atoms with Crippen LogP contribution in [0, 0.1) is 27.7 Å². The molecular weight excluding hydrogens is 362 g/mol. The molecule has 3 aromatic heterocycles. The van der Waals surface area contributed by atoms with Gasteiger partial charge in [-0.05, 0) is 33.8 Å². The Labute approximate surface area is 161 Å². The molecule has 0 bridgehead atoms. The fourth-order valence-corrected chi connectivity index (χ4v) is 2.96. The molecule has 0 fully saturated rings. The van der Waals surface area contributed by atoms with Crippen molar-refractivity contribution in [2.75, 3.05) is 5.32 Å². The van der Waals surface area contributed by atoms with Gasteiger partial charge in [-0.25, -0.2) is 9.36 Å². The van der Waals surface area contributed by atoms with Crippen LogP contribution < -0.4 is 5.32 Å². The van der Waals surface area contributed by atoms with Crippen LogP contribution in [0.5, 0.6) is 0 Å². The first kappa shape index (κ1) is 19.3. The quantitative estimate of drug-likeness (QED) is 0.639. The van der Waals surface area contributed by atoms with Gasteiger partial charge in [0.25, 0.3) is 5.91 Å². The molecule has 0 spiro atoms. The third-order valence-electron chi connectivity index (χ3n) is 4.44. The van der Waals surface area contributed by atoms with Crippen molar-refractivity contribution in [3.8, 4) is 0 Å². The summed E-state index contributed by atoms with van der Waals surface area (Å²) < 4.78 is 5.09. The number of hydrogen-bond acceptors (Lipinski definition) is 5. The van der Waals surface area contributed by atoms with Gasteiger partial charge in [-0.15, -0.1) is 0 Å². The Morgan fingerprint density at radius 2 is 1.89 bits per heavy atom. The van der Waals surface area contributed by atoms with Gasteiger partial charge in [0.15, 0.2) is 0 Å². The standard InChI is InChI=1S/C18H23N7O3/c1-11-7-12(2)24(21-11)10-25-14(4)17(13(3)22-25)20-18(28)15-8-19-23(9-15)6-5-16(26)27/h7-9H,5-6,10H2,1-4H3,(H,20,28)(H,26,27). The number of carbonyl (C=O) groups excluding carboxylic acids is 1. The minimum atomic E-state index is -0.914. The fourth-order valence-electron chi connectivity index (χ4n) is 2.96. The van der Waals surface area contributed by atoms with Crippen LogP contribution in [0.1, 0.15) is 39.6 Å². The lowest BCUT2D eigenvalue weighted by Crippen LogP contribution is -2.15. The largest absolute Gasteiger partial charge is 0.481 e. The van der Waals surface area contributed by atoms with Crippen LogP contribution in [0.3, 0.4) is 0 Å². The molecule has 28 heavy (non-hydrogen) atoms. The van der Waals surface area contributed by atoms with Gasteiger partial charge in [0.1, 0.15) is 6.67 Å². The van der Waals surface area contributed by atoms with Crippen molar-refractivity contribution in [1.29, 1.82) is 0 Å². The molecular formula is C18H23N7O3. The van der Waals surface area contributed by atoms with Crippen LogP contribution in [0.25, 0.3) is 0 Å². The Kier molecular flexibility index (Phi) is 5.30. The predicted octanol–water partition coefficient (Wildman–Crippen LogP) is 1.74. The van der Waals surface area contributed by atoms with Gasteiger partial charge < -0.3 is 10.4 Å². The number of carbonyl (C=O) groups is 2. The van der Waals surface area contributed by atoms with E-state index in [1.807, 2.05) is 38.4 Å². The van der Waals surface area contributed by atoms with Crippen molar-refractivity contribution < 1.29 is 14.7 Å². The number of amides is 1. The highest BCUT2D eigenvalue weighted by molar-refractivity contribution is 6.04. The van der Waals surface area contributed by atoms with Crippen LogP contribution in [0.4, 0.5) is 5.69 Å². The fraction of sp³-hybridized carbons (Fsp3) is 0.389. The Hall–Kier alpha value is -3.43. The molecule has 0 unspecified atom stereocenters. The van der Waals surface area contributed by atoms with E-state index in [-0.39, 0.29) is 18.9 Å². The van der Waals surface area contributed by atoms with Crippen LogP contribution in [0.2, 0.25) is 0 Å². The van der Waals surface area contributed by atoms with Gasteiger partial charge >= 0.3 is 5.97 Å². The van der Waals surface area contributed by atoms with Crippen LogP contribution in [0.15, 0.2) is 18.5 Å². The molecule has 3 aromatic rings. The average molecular weight is 385 g/mol. The maximum Gasteiger partial charge on any atom is 0.305 e. The number of nitrogens with zero attached hydrogens (tertiary/aromatic N) is 6. The third kappa shape index (κ3) is 4.11. The van der Waals surface area contributed by atoms with E-state index in [9.17, 15) is 9.59 Å². The Morgan fingerprint density at radius 1 is 1.14 bits per heavy atom. The minimum absolute atomic E-state index is 0.0555. The number of carboxylic acid groups (broad SMARTS) is 1. The summed E-state index contributed by atoms with van der Waals surface area (Å²) >= 11 is 0. The van der Waals surface area contributed by atoms with E-state index in [2.05, 4.69) is 20.6 Å². The van der Waals surface area contributed by atoms with E-state index < -0.39 is 5.97 Å². The molecule has 0 aliphatic carbocycles. The molecule has 2 N–H and O–H groups in total. The smallest absolute Gasteiger partial charge is 0.305 e. The number of aliphatic carboxylic acids is 1. The summed E-state index contributed by atoms with van der Waals surface area (Å²) in [6.45, 7) is 8.30. The average Bonchev–Trinajstić information content (AvgIpc) is 3.28. The molecule has 10 heteroatoms. The van der Waals surface area contributed by atoms with Crippen molar-refractivity contribution in [3.05, 3.63) is 46.8 Å². The first-order valence-corrected chi connectivity index (χ1v) is 8.85. The second-order valence-electron chi connectivity index (χ2n) is 6.70. The van der Waals surface area contributed by atoms with Crippen molar-refractivity contribution in [2.24, 2.45) is 0 Å². The van der Waals surface area contributed by atoms with Crippen LogP contribution in [-0.4, -0.2) is 46.3 Å².